The highest BCUT2D eigenvalue weighted by Gasteiger charge is 2.11. The highest BCUT2D eigenvalue weighted by molar-refractivity contribution is 9.10. The Kier molecular flexibility index (Phi) is 8.29. The van der Waals surface area contributed by atoms with Crippen LogP contribution in [0.5, 0.6) is 11.5 Å². The van der Waals surface area contributed by atoms with Crippen LogP contribution in [0.1, 0.15) is 38.3 Å². The molecule has 0 bridgehead atoms. The molecule has 0 heterocycles. The van der Waals surface area contributed by atoms with Gasteiger partial charge in [-0.25, -0.2) is 0 Å². The van der Waals surface area contributed by atoms with Crippen LogP contribution in [0.25, 0.3) is 0 Å². The largest absolute Gasteiger partial charge is 0.490 e. The smallest absolute Gasteiger partial charge is 0.162 e. The third-order valence-electron chi connectivity index (χ3n) is 4.06. The fourth-order valence-electron chi connectivity index (χ4n) is 2.66. The van der Waals surface area contributed by atoms with Crippen LogP contribution in [-0.2, 0) is 13.0 Å². The number of aryl methyl sites for hydroxylation is 1. The fraction of sp³-hybridized carbons (Fsp3) is 0.429. The van der Waals surface area contributed by atoms with E-state index in [-0.39, 0.29) is 0 Å². The van der Waals surface area contributed by atoms with Gasteiger partial charge in [-0.05, 0) is 56.9 Å². The van der Waals surface area contributed by atoms with Gasteiger partial charge in [0.05, 0.1) is 13.2 Å². The molecular weight excluding hydrogens is 378 g/mol. The Hall–Kier alpha value is -1.52. The number of hydrogen-bond acceptors (Lipinski definition) is 3. The zero-order valence-electron chi connectivity index (χ0n) is 15.3. The molecule has 3 nitrogen and oxygen atoms in total. The van der Waals surface area contributed by atoms with Crippen molar-refractivity contribution < 1.29 is 9.47 Å². The molecule has 1 N–H and O–H groups in total. The lowest BCUT2D eigenvalue weighted by Crippen LogP contribution is -2.26. The quantitative estimate of drug-likeness (QED) is 0.577. The fourth-order valence-corrected chi connectivity index (χ4v) is 3.13. The SMILES string of the molecule is CCOc1cc(Br)c(CNC(C)CCc2ccccc2)cc1OCC. The Bertz CT molecular complexity index is 646. The van der Waals surface area contributed by atoms with Gasteiger partial charge in [0.2, 0.25) is 0 Å². The van der Waals surface area contributed by atoms with Crippen molar-refractivity contribution in [2.75, 3.05) is 13.2 Å². The third kappa shape index (κ3) is 6.37. The van der Waals surface area contributed by atoms with Crippen molar-refractivity contribution >= 4 is 15.9 Å². The monoisotopic (exact) mass is 405 g/mol. The van der Waals surface area contributed by atoms with Crippen LogP contribution in [0.3, 0.4) is 0 Å². The van der Waals surface area contributed by atoms with Gasteiger partial charge in [0.1, 0.15) is 0 Å². The Labute approximate surface area is 159 Å². The minimum Gasteiger partial charge on any atom is -0.490 e. The predicted molar refractivity (Wildman–Crippen MR) is 108 cm³/mol. The molecule has 25 heavy (non-hydrogen) atoms. The molecule has 0 amide bonds. The number of rotatable bonds is 10. The molecule has 0 spiro atoms. The molecule has 0 saturated carbocycles. The van der Waals surface area contributed by atoms with E-state index in [1.165, 1.54) is 11.1 Å². The number of benzene rings is 2. The predicted octanol–water partition coefficient (Wildman–Crippen LogP) is 5.36. The second kappa shape index (κ2) is 10.5. The van der Waals surface area contributed by atoms with Gasteiger partial charge in [-0.15, -0.1) is 0 Å². The summed E-state index contributed by atoms with van der Waals surface area (Å²) in [4.78, 5) is 0. The van der Waals surface area contributed by atoms with Gasteiger partial charge in [-0.3, -0.25) is 0 Å². The van der Waals surface area contributed by atoms with Crippen LogP contribution in [0.2, 0.25) is 0 Å². The van der Waals surface area contributed by atoms with Gasteiger partial charge in [0, 0.05) is 17.1 Å². The topological polar surface area (TPSA) is 30.5 Å². The van der Waals surface area contributed by atoms with Gasteiger partial charge >= 0.3 is 0 Å². The van der Waals surface area contributed by atoms with Crippen molar-refractivity contribution in [3.05, 3.63) is 58.1 Å². The van der Waals surface area contributed by atoms with Crippen LogP contribution < -0.4 is 14.8 Å². The standard InChI is InChI=1S/C21H28BrNO2/c1-4-24-20-13-18(19(22)14-21(20)25-5-2)15-23-16(3)11-12-17-9-7-6-8-10-17/h6-10,13-14,16,23H,4-5,11-12,15H2,1-3H3. The maximum absolute atomic E-state index is 5.72. The first-order valence-electron chi connectivity index (χ1n) is 8.99. The van der Waals surface area contributed by atoms with Crippen molar-refractivity contribution in [1.29, 1.82) is 0 Å². The molecule has 0 aliphatic heterocycles. The number of hydrogen-bond donors (Lipinski definition) is 1. The minimum atomic E-state index is 0.439. The lowest BCUT2D eigenvalue weighted by Gasteiger charge is -2.17. The van der Waals surface area contributed by atoms with Crippen LogP contribution in [0, 0.1) is 0 Å². The van der Waals surface area contributed by atoms with E-state index in [1.807, 2.05) is 19.9 Å². The van der Waals surface area contributed by atoms with E-state index in [2.05, 4.69) is 64.6 Å². The summed E-state index contributed by atoms with van der Waals surface area (Å²) in [6, 6.07) is 15.1. The van der Waals surface area contributed by atoms with Gasteiger partial charge in [0.15, 0.2) is 11.5 Å². The first-order valence-corrected chi connectivity index (χ1v) is 9.78. The van der Waals surface area contributed by atoms with Crippen LogP contribution >= 0.6 is 15.9 Å². The average molecular weight is 406 g/mol. The highest BCUT2D eigenvalue weighted by atomic mass is 79.9. The lowest BCUT2D eigenvalue weighted by atomic mass is 10.1. The zero-order valence-corrected chi connectivity index (χ0v) is 16.9. The van der Waals surface area contributed by atoms with Crippen LogP contribution in [0.15, 0.2) is 46.9 Å². The van der Waals surface area contributed by atoms with E-state index in [0.717, 1.165) is 35.4 Å². The first-order chi connectivity index (χ1) is 12.1. The molecule has 2 aromatic rings. The first kappa shape index (κ1) is 19.8. The van der Waals surface area contributed by atoms with Crippen molar-refractivity contribution in [2.45, 2.75) is 46.2 Å². The Morgan fingerprint density at radius 3 is 2.28 bits per heavy atom. The Morgan fingerprint density at radius 1 is 1.00 bits per heavy atom. The molecule has 2 rings (SSSR count). The van der Waals surface area contributed by atoms with Crippen LogP contribution in [0.4, 0.5) is 0 Å². The van der Waals surface area contributed by atoms with Gasteiger partial charge in [-0.2, -0.15) is 0 Å². The molecule has 0 aliphatic carbocycles. The number of nitrogens with one attached hydrogen (secondary N) is 1. The molecule has 1 unspecified atom stereocenters. The molecule has 0 saturated heterocycles. The molecule has 136 valence electrons. The van der Waals surface area contributed by atoms with Crippen LogP contribution in [-0.4, -0.2) is 19.3 Å². The summed E-state index contributed by atoms with van der Waals surface area (Å²) in [5.41, 5.74) is 2.57. The second-order valence-electron chi connectivity index (χ2n) is 6.06. The number of halogens is 1. The average Bonchev–Trinajstić information content (AvgIpc) is 2.62. The normalized spacial score (nSPS) is 12.0. The van der Waals surface area contributed by atoms with Crippen molar-refractivity contribution in [1.82, 2.24) is 5.32 Å². The van der Waals surface area contributed by atoms with Gasteiger partial charge in [0.25, 0.3) is 0 Å². The molecule has 0 aromatic heterocycles. The van der Waals surface area contributed by atoms with E-state index in [0.29, 0.717) is 19.3 Å². The van der Waals surface area contributed by atoms with Crippen molar-refractivity contribution in [2.24, 2.45) is 0 Å². The van der Waals surface area contributed by atoms with Crippen molar-refractivity contribution in [3.63, 3.8) is 0 Å². The summed E-state index contributed by atoms with van der Waals surface area (Å²) >= 11 is 3.65. The summed E-state index contributed by atoms with van der Waals surface area (Å²) in [5.74, 6) is 1.60. The van der Waals surface area contributed by atoms with E-state index < -0.39 is 0 Å². The lowest BCUT2D eigenvalue weighted by molar-refractivity contribution is 0.287. The third-order valence-corrected chi connectivity index (χ3v) is 4.80. The van der Waals surface area contributed by atoms with E-state index in [4.69, 9.17) is 9.47 Å². The highest BCUT2D eigenvalue weighted by Crippen LogP contribution is 2.34. The molecule has 4 heteroatoms. The molecule has 2 aromatic carbocycles. The second-order valence-corrected chi connectivity index (χ2v) is 6.92. The maximum Gasteiger partial charge on any atom is 0.162 e. The summed E-state index contributed by atoms with van der Waals surface area (Å²) in [7, 11) is 0. The van der Waals surface area contributed by atoms with Gasteiger partial charge < -0.3 is 14.8 Å². The minimum absolute atomic E-state index is 0.439. The zero-order chi connectivity index (χ0) is 18.1. The Balaban J connectivity index is 1.93. The molecule has 0 fully saturated rings. The van der Waals surface area contributed by atoms with Gasteiger partial charge in [-0.1, -0.05) is 46.3 Å². The van der Waals surface area contributed by atoms with E-state index in [9.17, 15) is 0 Å². The summed E-state index contributed by atoms with van der Waals surface area (Å²) in [6.07, 6.45) is 2.20. The van der Waals surface area contributed by atoms with E-state index in [1.54, 1.807) is 0 Å². The van der Waals surface area contributed by atoms with Crippen molar-refractivity contribution in [3.8, 4) is 11.5 Å². The molecule has 1 atom stereocenters. The van der Waals surface area contributed by atoms with E-state index >= 15 is 0 Å². The summed E-state index contributed by atoms with van der Waals surface area (Å²) in [5, 5.41) is 3.60. The molecule has 0 aliphatic rings. The Morgan fingerprint density at radius 2 is 1.64 bits per heavy atom. The number of ether oxygens (including phenoxy) is 2. The molecule has 0 radical (unpaired) electrons. The molecular formula is C21H28BrNO2. The maximum atomic E-state index is 5.72. The summed E-state index contributed by atoms with van der Waals surface area (Å²) in [6.45, 7) is 8.25. The summed E-state index contributed by atoms with van der Waals surface area (Å²) < 4.78 is 12.4.